The molecule has 1 aromatic heterocycles. The van der Waals surface area contributed by atoms with Crippen LogP contribution < -0.4 is 0 Å². The fourth-order valence-corrected chi connectivity index (χ4v) is 3.63. The summed E-state index contributed by atoms with van der Waals surface area (Å²) in [6, 6.07) is 0. The predicted octanol–water partition coefficient (Wildman–Crippen LogP) is 2.38. The third-order valence-corrected chi connectivity index (χ3v) is 4.45. The molecule has 0 bridgehead atoms. The summed E-state index contributed by atoms with van der Waals surface area (Å²) in [6.45, 7) is 4.85. The Hall–Kier alpha value is -0.870. The van der Waals surface area contributed by atoms with Gasteiger partial charge >= 0.3 is 0 Å². The van der Waals surface area contributed by atoms with Gasteiger partial charge in [-0.2, -0.15) is 0 Å². The maximum atomic E-state index is 11.8. The molecule has 1 aliphatic heterocycles. The second-order valence-electron chi connectivity index (χ2n) is 4.18. The number of ketones is 1. The van der Waals surface area contributed by atoms with Crippen molar-refractivity contribution < 1.29 is 9.59 Å². The van der Waals surface area contributed by atoms with Gasteiger partial charge in [-0.25, -0.2) is 0 Å². The molecule has 0 fully saturated rings. The van der Waals surface area contributed by atoms with Gasteiger partial charge in [0.25, 0.3) is 0 Å². The molecule has 0 aromatic carbocycles. The van der Waals surface area contributed by atoms with E-state index in [9.17, 15) is 9.59 Å². The molecule has 1 amide bonds. The molecule has 0 atom stereocenters. The number of aryl methyl sites for hydroxylation is 1. The van der Waals surface area contributed by atoms with E-state index in [4.69, 9.17) is 11.6 Å². The molecule has 2 heterocycles. The summed E-state index contributed by atoms with van der Waals surface area (Å²) in [7, 11) is 0. The fraction of sp³-hybridized carbons (Fsp3) is 0.500. The highest BCUT2D eigenvalue weighted by Crippen LogP contribution is 2.33. The third kappa shape index (κ3) is 2.24. The second kappa shape index (κ2) is 4.78. The number of hydrogen-bond donors (Lipinski definition) is 0. The average Bonchev–Trinajstić information content (AvgIpc) is 2.62. The van der Waals surface area contributed by atoms with Crippen molar-refractivity contribution in [3.05, 3.63) is 20.9 Å². The van der Waals surface area contributed by atoms with Gasteiger partial charge in [0, 0.05) is 28.8 Å². The fourth-order valence-electron chi connectivity index (χ4n) is 2.24. The number of rotatable bonds is 2. The molecule has 2 rings (SSSR count). The van der Waals surface area contributed by atoms with Crippen molar-refractivity contribution in [2.45, 2.75) is 26.8 Å². The minimum atomic E-state index is -0.00191. The lowest BCUT2D eigenvalue weighted by atomic mass is 9.99. The summed E-state index contributed by atoms with van der Waals surface area (Å²) in [5.41, 5.74) is 1.90. The molecular formula is C12H14ClNO2S. The molecule has 5 heteroatoms. The number of amides is 1. The van der Waals surface area contributed by atoms with Crippen molar-refractivity contribution in [3.8, 4) is 0 Å². The molecule has 0 aliphatic carbocycles. The summed E-state index contributed by atoms with van der Waals surface area (Å²) in [4.78, 5) is 27.1. The van der Waals surface area contributed by atoms with Gasteiger partial charge < -0.3 is 4.90 Å². The third-order valence-electron chi connectivity index (χ3n) is 3.08. The standard InChI is InChI=1S/C12H14ClNO2S/c1-7-12(10(16)5-13)9-3-4-14(8(2)15)6-11(9)17-7/h3-6H2,1-2H3. The number of carbonyl (C=O) groups excluding carboxylic acids is 2. The molecule has 1 aliphatic rings. The Morgan fingerprint density at radius 2 is 2.18 bits per heavy atom. The van der Waals surface area contributed by atoms with Crippen LogP contribution in [0.25, 0.3) is 0 Å². The van der Waals surface area contributed by atoms with Gasteiger partial charge in [0.2, 0.25) is 5.91 Å². The van der Waals surface area contributed by atoms with Crippen molar-refractivity contribution in [2.75, 3.05) is 12.4 Å². The van der Waals surface area contributed by atoms with Crippen LogP contribution in [0.3, 0.4) is 0 Å². The monoisotopic (exact) mass is 271 g/mol. The van der Waals surface area contributed by atoms with Crippen molar-refractivity contribution in [1.29, 1.82) is 0 Å². The van der Waals surface area contributed by atoms with Crippen LogP contribution in [0, 0.1) is 6.92 Å². The summed E-state index contributed by atoms with van der Waals surface area (Å²) in [5, 5.41) is 0. The van der Waals surface area contributed by atoms with E-state index in [-0.39, 0.29) is 17.6 Å². The Bertz CT molecular complexity index is 481. The lowest BCUT2D eigenvalue weighted by Gasteiger charge is -2.26. The summed E-state index contributed by atoms with van der Waals surface area (Å²) < 4.78 is 0. The Morgan fingerprint density at radius 1 is 1.47 bits per heavy atom. The molecule has 3 nitrogen and oxygen atoms in total. The number of alkyl halides is 1. The topological polar surface area (TPSA) is 37.4 Å². The van der Waals surface area contributed by atoms with Gasteiger partial charge in [0.05, 0.1) is 12.4 Å². The van der Waals surface area contributed by atoms with Gasteiger partial charge in [0.1, 0.15) is 0 Å². The van der Waals surface area contributed by atoms with Gasteiger partial charge in [-0.3, -0.25) is 9.59 Å². The summed E-state index contributed by atoms with van der Waals surface area (Å²) >= 11 is 7.24. The van der Waals surface area contributed by atoms with E-state index in [2.05, 4.69) is 0 Å². The first-order chi connectivity index (χ1) is 8.04. The number of thiophene rings is 1. The lowest BCUT2D eigenvalue weighted by Crippen LogP contribution is -2.33. The van der Waals surface area contributed by atoms with Gasteiger partial charge in [-0.15, -0.1) is 22.9 Å². The number of Topliss-reactive ketones (excluding diaryl/α,β-unsaturated/α-hetero) is 1. The zero-order chi connectivity index (χ0) is 12.6. The van der Waals surface area contributed by atoms with Gasteiger partial charge in [-0.1, -0.05) is 0 Å². The van der Waals surface area contributed by atoms with Crippen LogP contribution in [0.2, 0.25) is 0 Å². The second-order valence-corrected chi connectivity index (χ2v) is 5.76. The van der Waals surface area contributed by atoms with Crippen molar-refractivity contribution >= 4 is 34.6 Å². The Kier molecular flexibility index (Phi) is 3.54. The molecule has 92 valence electrons. The van der Waals surface area contributed by atoms with E-state index in [1.807, 2.05) is 11.8 Å². The minimum absolute atomic E-state index is 0.00191. The van der Waals surface area contributed by atoms with E-state index < -0.39 is 0 Å². The quantitative estimate of drug-likeness (QED) is 0.612. The van der Waals surface area contributed by atoms with Gasteiger partial charge in [-0.05, 0) is 18.9 Å². The number of fused-ring (bicyclic) bond motifs is 1. The Labute approximate surface area is 109 Å². The van der Waals surface area contributed by atoms with Crippen LogP contribution in [-0.2, 0) is 17.8 Å². The first-order valence-electron chi connectivity index (χ1n) is 5.50. The maximum Gasteiger partial charge on any atom is 0.219 e. The molecule has 0 radical (unpaired) electrons. The van der Waals surface area contributed by atoms with Crippen LogP contribution in [0.4, 0.5) is 0 Å². The van der Waals surface area contributed by atoms with Crippen LogP contribution >= 0.6 is 22.9 Å². The van der Waals surface area contributed by atoms with E-state index in [0.29, 0.717) is 13.1 Å². The van der Waals surface area contributed by atoms with Crippen LogP contribution in [0.15, 0.2) is 0 Å². The number of halogens is 1. The highest BCUT2D eigenvalue weighted by molar-refractivity contribution is 7.12. The number of carbonyl (C=O) groups is 2. The molecule has 1 aromatic rings. The molecule has 0 N–H and O–H groups in total. The van der Waals surface area contributed by atoms with E-state index >= 15 is 0 Å². The Morgan fingerprint density at radius 3 is 2.76 bits per heavy atom. The first kappa shape index (κ1) is 12.6. The van der Waals surface area contributed by atoms with Crippen LogP contribution in [0.5, 0.6) is 0 Å². The molecule has 0 saturated carbocycles. The summed E-state index contributed by atoms with van der Waals surface area (Å²) in [6.07, 6.45) is 0.761. The lowest BCUT2D eigenvalue weighted by molar-refractivity contribution is -0.129. The smallest absolute Gasteiger partial charge is 0.219 e. The highest BCUT2D eigenvalue weighted by Gasteiger charge is 2.26. The van der Waals surface area contributed by atoms with Gasteiger partial charge in [0.15, 0.2) is 5.78 Å². The normalized spacial score (nSPS) is 14.6. The largest absolute Gasteiger partial charge is 0.337 e. The molecule has 17 heavy (non-hydrogen) atoms. The SMILES string of the molecule is CC(=O)N1CCc2c(sc(C)c2C(=O)CCl)C1. The number of nitrogens with zero attached hydrogens (tertiary/aromatic N) is 1. The van der Waals surface area contributed by atoms with Crippen molar-refractivity contribution in [3.63, 3.8) is 0 Å². The van der Waals surface area contributed by atoms with E-state index in [1.165, 1.54) is 0 Å². The van der Waals surface area contributed by atoms with Crippen LogP contribution in [-0.4, -0.2) is 29.0 Å². The average molecular weight is 272 g/mol. The maximum absolute atomic E-state index is 11.8. The van der Waals surface area contributed by atoms with Crippen molar-refractivity contribution in [1.82, 2.24) is 4.90 Å². The zero-order valence-electron chi connectivity index (χ0n) is 9.88. The van der Waals surface area contributed by atoms with E-state index in [0.717, 1.165) is 27.3 Å². The zero-order valence-corrected chi connectivity index (χ0v) is 11.5. The minimum Gasteiger partial charge on any atom is -0.337 e. The summed E-state index contributed by atoms with van der Waals surface area (Å²) in [5.74, 6) is 0.116. The van der Waals surface area contributed by atoms with Crippen LogP contribution in [0.1, 0.15) is 32.6 Å². The molecule has 0 unspecified atom stereocenters. The first-order valence-corrected chi connectivity index (χ1v) is 6.85. The van der Waals surface area contributed by atoms with Crippen molar-refractivity contribution in [2.24, 2.45) is 0 Å². The molecule has 0 spiro atoms. The predicted molar refractivity (Wildman–Crippen MR) is 68.9 cm³/mol. The molecular weight excluding hydrogens is 258 g/mol. The number of hydrogen-bond acceptors (Lipinski definition) is 3. The van der Waals surface area contributed by atoms with E-state index in [1.54, 1.807) is 18.3 Å². The Balaban J connectivity index is 2.37. The molecule has 0 saturated heterocycles. The highest BCUT2D eigenvalue weighted by atomic mass is 35.5.